The van der Waals surface area contributed by atoms with Gasteiger partial charge in [-0.05, 0) is 48.8 Å². The third-order valence-electron chi connectivity index (χ3n) is 4.81. The molecule has 1 saturated carbocycles. The van der Waals surface area contributed by atoms with Gasteiger partial charge in [-0.15, -0.1) is 0 Å². The molecule has 128 valence electrons. The Bertz CT molecular complexity index is 520. The summed E-state index contributed by atoms with van der Waals surface area (Å²) in [5, 5.41) is 34.1. The molecule has 0 bridgehead atoms. The average Bonchev–Trinajstić information content (AvgIpc) is 2.53. The quantitative estimate of drug-likeness (QED) is 0.552. The van der Waals surface area contributed by atoms with Crippen molar-refractivity contribution < 1.29 is 15.1 Å². The molecule has 3 N–H and O–H groups in total. The van der Waals surface area contributed by atoms with Crippen LogP contribution < -0.4 is 5.32 Å². The zero-order valence-electron chi connectivity index (χ0n) is 13.7. The number of rotatable bonds is 6. The fourth-order valence-electron chi connectivity index (χ4n) is 3.14. The van der Waals surface area contributed by atoms with E-state index in [2.05, 4.69) is 19.2 Å². The molecule has 0 amide bonds. The van der Waals surface area contributed by atoms with Crippen LogP contribution >= 0.6 is 0 Å². The van der Waals surface area contributed by atoms with Gasteiger partial charge in [-0.2, -0.15) is 0 Å². The van der Waals surface area contributed by atoms with Crippen LogP contribution in [-0.2, 0) is 0 Å². The summed E-state index contributed by atoms with van der Waals surface area (Å²) in [5.41, 5.74) is 0.923. The maximum absolute atomic E-state index is 10.7. The Hall–Kier alpha value is -1.50. The number of nitrogens with zero attached hydrogens (tertiary/aromatic N) is 1. The molecule has 6 heteroatoms. The molecule has 1 fully saturated rings. The molecule has 0 saturated heterocycles. The summed E-state index contributed by atoms with van der Waals surface area (Å²) >= 11 is 0. The standard InChI is InChI=1S/C17H26N2O4/c1-17(2)9-7-13(8-10-17)18-15(11-20)16(21)12-3-5-14(6-4-12)19(22)23/h3-6,13,15-16,18,20-21H,7-11H2,1-2H3. The zero-order chi connectivity index (χ0) is 17.0. The number of benzene rings is 1. The van der Waals surface area contributed by atoms with Gasteiger partial charge in [0.2, 0.25) is 0 Å². The number of aliphatic hydroxyl groups is 2. The first-order valence-corrected chi connectivity index (χ1v) is 8.12. The summed E-state index contributed by atoms with van der Waals surface area (Å²) in [4.78, 5) is 10.2. The van der Waals surface area contributed by atoms with Crippen molar-refractivity contribution in [2.45, 2.75) is 57.7 Å². The third-order valence-corrected chi connectivity index (χ3v) is 4.81. The van der Waals surface area contributed by atoms with Crippen LogP contribution in [0.1, 0.15) is 51.2 Å². The second kappa shape index (κ2) is 7.38. The lowest BCUT2D eigenvalue weighted by Crippen LogP contribution is -2.46. The maximum atomic E-state index is 10.7. The van der Waals surface area contributed by atoms with Gasteiger partial charge in [0, 0.05) is 18.2 Å². The Balaban J connectivity index is 1.98. The predicted octanol–water partition coefficient (Wildman–Crippen LogP) is 2.55. The van der Waals surface area contributed by atoms with Crippen molar-refractivity contribution in [3.05, 3.63) is 39.9 Å². The van der Waals surface area contributed by atoms with Gasteiger partial charge in [0.05, 0.1) is 23.7 Å². The van der Waals surface area contributed by atoms with Gasteiger partial charge in [-0.1, -0.05) is 13.8 Å². The molecule has 23 heavy (non-hydrogen) atoms. The molecule has 1 aliphatic rings. The number of non-ortho nitro benzene ring substituents is 1. The summed E-state index contributed by atoms with van der Waals surface area (Å²) in [7, 11) is 0. The molecule has 2 rings (SSSR count). The molecular formula is C17H26N2O4. The molecule has 6 nitrogen and oxygen atoms in total. The van der Waals surface area contributed by atoms with Gasteiger partial charge >= 0.3 is 0 Å². The Morgan fingerprint density at radius 1 is 1.30 bits per heavy atom. The fourth-order valence-corrected chi connectivity index (χ4v) is 3.14. The lowest BCUT2D eigenvalue weighted by atomic mass is 9.75. The van der Waals surface area contributed by atoms with E-state index in [1.165, 1.54) is 24.3 Å². The Labute approximate surface area is 136 Å². The van der Waals surface area contributed by atoms with E-state index in [1.807, 2.05) is 0 Å². The lowest BCUT2D eigenvalue weighted by molar-refractivity contribution is -0.384. The minimum atomic E-state index is -0.893. The molecule has 0 heterocycles. The first kappa shape index (κ1) is 17.8. The first-order chi connectivity index (χ1) is 10.8. The summed E-state index contributed by atoms with van der Waals surface area (Å²) in [6.45, 7) is 4.34. The highest BCUT2D eigenvalue weighted by Gasteiger charge is 2.30. The average molecular weight is 322 g/mol. The molecule has 1 aliphatic carbocycles. The Morgan fingerprint density at radius 3 is 2.35 bits per heavy atom. The summed E-state index contributed by atoms with van der Waals surface area (Å²) in [5.74, 6) is 0. The van der Waals surface area contributed by atoms with Gasteiger partial charge in [0.25, 0.3) is 5.69 Å². The van der Waals surface area contributed by atoms with Crippen LogP contribution in [-0.4, -0.2) is 33.8 Å². The molecule has 2 unspecified atom stereocenters. The molecule has 2 atom stereocenters. The summed E-state index contributed by atoms with van der Waals surface area (Å²) < 4.78 is 0. The van der Waals surface area contributed by atoms with Gasteiger partial charge in [-0.3, -0.25) is 10.1 Å². The molecular weight excluding hydrogens is 296 g/mol. The van der Waals surface area contributed by atoms with Crippen molar-refractivity contribution in [2.24, 2.45) is 5.41 Å². The lowest BCUT2D eigenvalue weighted by Gasteiger charge is -2.37. The highest BCUT2D eigenvalue weighted by atomic mass is 16.6. The largest absolute Gasteiger partial charge is 0.395 e. The first-order valence-electron chi connectivity index (χ1n) is 8.12. The van der Waals surface area contributed by atoms with Crippen molar-refractivity contribution >= 4 is 5.69 Å². The normalized spacial score (nSPS) is 20.9. The van der Waals surface area contributed by atoms with Crippen molar-refractivity contribution in [1.82, 2.24) is 5.32 Å². The van der Waals surface area contributed by atoms with Gasteiger partial charge in [0.1, 0.15) is 0 Å². The molecule has 0 aliphatic heterocycles. The fraction of sp³-hybridized carbons (Fsp3) is 0.647. The van der Waals surface area contributed by atoms with E-state index in [9.17, 15) is 20.3 Å². The number of aliphatic hydroxyl groups excluding tert-OH is 2. The van der Waals surface area contributed by atoms with Crippen LogP contribution in [0.3, 0.4) is 0 Å². The predicted molar refractivity (Wildman–Crippen MR) is 88.1 cm³/mol. The number of nitro groups is 1. The summed E-state index contributed by atoms with van der Waals surface area (Å²) in [6.07, 6.45) is 3.40. The Kier molecular flexibility index (Phi) is 5.73. The van der Waals surface area contributed by atoms with Crippen LogP contribution in [0, 0.1) is 15.5 Å². The molecule has 1 aromatic rings. The minimum Gasteiger partial charge on any atom is -0.395 e. The third kappa shape index (κ3) is 4.73. The second-order valence-electron chi connectivity index (χ2n) is 7.19. The number of nitro benzene ring substituents is 1. The van der Waals surface area contributed by atoms with Crippen LogP contribution in [0.5, 0.6) is 0 Å². The van der Waals surface area contributed by atoms with E-state index in [1.54, 1.807) is 0 Å². The number of hydrogen-bond acceptors (Lipinski definition) is 5. The van der Waals surface area contributed by atoms with Gasteiger partial charge in [0.15, 0.2) is 0 Å². The molecule has 1 aromatic carbocycles. The Morgan fingerprint density at radius 2 is 1.87 bits per heavy atom. The zero-order valence-corrected chi connectivity index (χ0v) is 13.7. The topological polar surface area (TPSA) is 95.6 Å². The number of nitrogens with one attached hydrogen (secondary N) is 1. The number of hydrogen-bond donors (Lipinski definition) is 3. The van der Waals surface area contributed by atoms with Crippen LogP contribution in [0.2, 0.25) is 0 Å². The van der Waals surface area contributed by atoms with E-state index in [4.69, 9.17) is 0 Å². The molecule has 0 aromatic heterocycles. The maximum Gasteiger partial charge on any atom is 0.269 e. The molecule has 0 radical (unpaired) electrons. The van der Waals surface area contributed by atoms with Gasteiger partial charge < -0.3 is 15.5 Å². The highest BCUT2D eigenvalue weighted by Crippen LogP contribution is 2.35. The van der Waals surface area contributed by atoms with E-state index >= 15 is 0 Å². The molecule has 0 spiro atoms. The van der Waals surface area contributed by atoms with E-state index in [-0.39, 0.29) is 18.3 Å². The van der Waals surface area contributed by atoms with Crippen LogP contribution in [0.25, 0.3) is 0 Å². The van der Waals surface area contributed by atoms with E-state index < -0.39 is 17.1 Å². The highest BCUT2D eigenvalue weighted by molar-refractivity contribution is 5.34. The van der Waals surface area contributed by atoms with Crippen molar-refractivity contribution in [3.63, 3.8) is 0 Å². The monoisotopic (exact) mass is 322 g/mol. The minimum absolute atomic E-state index is 0.0102. The second-order valence-corrected chi connectivity index (χ2v) is 7.19. The van der Waals surface area contributed by atoms with E-state index in [0.29, 0.717) is 11.0 Å². The SMILES string of the molecule is CC1(C)CCC(NC(CO)C(O)c2ccc([N+](=O)[O-])cc2)CC1. The van der Waals surface area contributed by atoms with E-state index in [0.717, 1.165) is 25.7 Å². The van der Waals surface area contributed by atoms with Crippen molar-refractivity contribution in [3.8, 4) is 0 Å². The van der Waals surface area contributed by atoms with Crippen LogP contribution in [0.4, 0.5) is 5.69 Å². The van der Waals surface area contributed by atoms with Gasteiger partial charge in [-0.25, -0.2) is 0 Å². The summed E-state index contributed by atoms with van der Waals surface area (Å²) in [6, 6.07) is 5.64. The van der Waals surface area contributed by atoms with Crippen LogP contribution in [0.15, 0.2) is 24.3 Å². The smallest absolute Gasteiger partial charge is 0.269 e. The van der Waals surface area contributed by atoms with Crippen molar-refractivity contribution in [2.75, 3.05) is 6.61 Å². The van der Waals surface area contributed by atoms with Crippen molar-refractivity contribution in [1.29, 1.82) is 0 Å².